The van der Waals surface area contributed by atoms with Crippen molar-refractivity contribution in [1.29, 1.82) is 0 Å². The molecule has 1 saturated carbocycles. The molecule has 0 radical (unpaired) electrons. The van der Waals surface area contributed by atoms with E-state index in [2.05, 4.69) is 16.0 Å². The predicted octanol–water partition coefficient (Wildman–Crippen LogP) is -0.937. The van der Waals surface area contributed by atoms with Crippen molar-refractivity contribution in [3.63, 3.8) is 0 Å². The first-order valence-corrected chi connectivity index (χ1v) is 7.18. The van der Waals surface area contributed by atoms with Crippen LogP contribution in [-0.2, 0) is 9.59 Å². The van der Waals surface area contributed by atoms with Gasteiger partial charge >= 0.3 is 0 Å². The molecule has 108 valence electrons. The van der Waals surface area contributed by atoms with Gasteiger partial charge < -0.3 is 16.0 Å². The van der Waals surface area contributed by atoms with Crippen LogP contribution in [-0.4, -0.2) is 61.0 Å². The summed E-state index contributed by atoms with van der Waals surface area (Å²) in [5.74, 6) is 0.0412. The molecule has 2 unspecified atom stereocenters. The lowest BCUT2D eigenvalue weighted by Gasteiger charge is -2.38. The molecule has 2 amide bonds. The van der Waals surface area contributed by atoms with Gasteiger partial charge in [0.15, 0.2) is 0 Å². The minimum Gasteiger partial charge on any atom is -0.355 e. The van der Waals surface area contributed by atoms with Crippen LogP contribution in [0.3, 0.4) is 0 Å². The van der Waals surface area contributed by atoms with E-state index < -0.39 is 0 Å². The van der Waals surface area contributed by atoms with Crippen molar-refractivity contribution in [2.24, 2.45) is 0 Å². The largest absolute Gasteiger partial charge is 0.355 e. The van der Waals surface area contributed by atoms with Gasteiger partial charge in [-0.05, 0) is 26.7 Å². The average molecular weight is 268 g/mol. The van der Waals surface area contributed by atoms with Crippen LogP contribution in [0.5, 0.6) is 0 Å². The van der Waals surface area contributed by atoms with Gasteiger partial charge in [0, 0.05) is 32.2 Å². The molecule has 0 aromatic carbocycles. The lowest BCUT2D eigenvalue weighted by atomic mass is 10.1. The number of rotatable bonds is 5. The lowest BCUT2D eigenvalue weighted by Crippen LogP contribution is -2.62. The van der Waals surface area contributed by atoms with E-state index in [1.807, 2.05) is 18.7 Å². The molecule has 1 aliphatic carbocycles. The Labute approximate surface area is 114 Å². The fourth-order valence-electron chi connectivity index (χ4n) is 2.42. The highest BCUT2D eigenvalue weighted by Gasteiger charge is 2.35. The number of carbonyl (C=O) groups is 2. The number of nitrogens with zero attached hydrogens (tertiary/aromatic N) is 1. The molecule has 1 aliphatic heterocycles. The van der Waals surface area contributed by atoms with Crippen molar-refractivity contribution >= 4 is 11.8 Å². The summed E-state index contributed by atoms with van der Waals surface area (Å²) in [6, 6.07) is -0.148. The molecule has 1 saturated heterocycles. The zero-order valence-corrected chi connectivity index (χ0v) is 11.7. The van der Waals surface area contributed by atoms with Gasteiger partial charge in [0.2, 0.25) is 11.8 Å². The minimum absolute atomic E-state index is 0.000715. The molecule has 19 heavy (non-hydrogen) atoms. The van der Waals surface area contributed by atoms with Crippen molar-refractivity contribution in [3.8, 4) is 0 Å². The van der Waals surface area contributed by atoms with Gasteiger partial charge in [-0.15, -0.1) is 0 Å². The second-order valence-corrected chi connectivity index (χ2v) is 5.31. The summed E-state index contributed by atoms with van der Waals surface area (Å²) >= 11 is 0. The summed E-state index contributed by atoms with van der Waals surface area (Å²) in [6.07, 6.45) is 2.17. The fraction of sp³-hybridized carbons (Fsp3) is 0.846. The van der Waals surface area contributed by atoms with E-state index in [0.717, 1.165) is 25.9 Å². The molecule has 0 aromatic heterocycles. The summed E-state index contributed by atoms with van der Waals surface area (Å²) < 4.78 is 0. The number of nitrogens with one attached hydrogen (secondary N) is 3. The summed E-state index contributed by atoms with van der Waals surface area (Å²) in [6.45, 7) is 6.55. The maximum atomic E-state index is 12.1. The Balaban J connectivity index is 1.96. The van der Waals surface area contributed by atoms with Gasteiger partial charge in [-0.3, -0.25) is 14.5 Å². The van der Waals surface area contributed by atoms with Gasteiger partial charge in [-0.25, -0.2) is 0 Å². The second kappa shape index (κ2) is 6.34. The zero-order chi connectivity index (χ0) is 13.8. The average Bonchev–Trinajstić information content (AvgIpc) is 3.22. The van der Waals surface area contributed by atoms with Crippen LogP contribution < -0.4 is 16.0 Å². The molecule has 0 bridgehead atoms. The molecule has 0 aromatic rings. The zero-order valence-electron chi connectivity index (χ0n) is 11.7. The molecular weight excluding hydrogens is 244 g/mol. The van der Waals surface area contributed by atoms with Crippen LogP contribution in [0.1, 0.15) is 26.7 Å². The highest BCUT2D eigenvalue weighted by atomic mass is 16.2. The Morgan fingerprint density at radius 2 is 2.16 bits per heavy atom. The number of hydrogen-bond acceptors (Lipinski definition) is 4. The number of hydrogen-bond donors (Lipinski definition) is 3. The first-order valence-electron chi connectivity index (χ1n) is 7.18. The summed E-state index contributed by atoms with van der Waals surface area (Å²) in [5.41, 5.74) is 0. The van der Waals surface area contributed by atoms with Crippen LogP contribution in [0.2, 0.25) is 0 Å². The molecule has 6 heteroatoms. The highest BCUT2D eigenvalue weighted by Crippen LogP contribution is 2.19. The van der Waals surface area contributed by atoms with Gasteiger partial charge in [0.1, 0.15) is 6.04 Å². The summed E-state index contributed by atoms with van der Waals surface area (Å²) in [5, 5.41) is 9.07. The van der Waals surface area contributed by atoms with Crippen LogP contribution in [0.15, 0.2) is 0 Å². The first-order chi connectivity index (χ1) is 9.13. The van der Waals surface area contributed by atoms with Crippen molar-refractivity contribution < 1.29 is 9.59 Å². The number of piperazine rings is 1. The van der Waals surface area contributed by atoms with E-state index in [4.69, 9.17) is 0 Å². The molecule has 0 spiro atoms. The van der Waals surface area contributed by atoms with Gasteiger partial charge in [0.25, 0.3) is 0 Å². The SMILES string of the molecule is CCNC(=O)C1CNCCN1C(C)C(=O)NC1CC1. The maximum absolute atomic E-state index is 12.1. The third-order valence-electron chi connectivity index (χ3n) is 3.74. The Morgan fingerprint density at radius 1 is 1.42 bits per heavy atom. The monoisotopic (exact) mass is 268 g/mol. The van der Waals surface area contributed by atoms with Crippen molar-refractivity contribution in [2.45, 2.75) is 44.8 Å². The maximum Gasteiger partial charge on any atom is 0.238 e. The number of amides is 2. The van der Waals surface area contributed by atoms with Crippen LogP contribution in [0.25, 0.3) is 0 Å². The normalized spacial score (nSPS) is 25.7. The van der Waals surface area contributed by atoms with Gasteiger partial charge in [0.05, 0.1) is 6.04 Å². The molecule has 2 aliphatic rings. The van der Waals surface area contributed by atoms with Crippen molar-refractivity contribution in [2.75, 3.05) is 26.2 Å². The third kappa shape index (κ3) is 3.67. The quantitative estimate of drug-likeness (QED) is 0.602. The Hall–Kier alpha value is -1.14. The Kier molecular flexibility index (Phi) is 4.76. The third-order valence-corrected chi connectivity index (χ3v) is 3.74. The Morgan fingerprint density at radius 3 is 2.79 bits per heavy atom. The summed E-state index contributed by atoms with van der Waals surface area (Å²) in [7, 11) is 0. The Bertz CT molecular complexity index is 344. The second-order valence-electron chi connectivity index (χ2n) is 5.31. The summed E-state index contributed by atoms with van der Waals surface area (Å²) in [4.78, 5) is 26.2. The molecule has 6 nitrogen and oxygen atoms in total. The topological polar surface area (TPSA) is 73.5 Å². The van der Waals surface area contributed by atoms with Crippen molar-refractivity contribution in [1.82, 2.24) is 20.9 Å². The van der Waals surface area contributed by atoms with Crippen molar-refractivity contribution in [3.05, 3.63) is 0 Å². The fourth-order valence-corrected chi connectivity index (χ4v) is 2.42. The van der Waals surface area contributed by atoms with E-state index in [1.165, 1.54) is 0 Å². The number of carbonyl (C=O) groups excluding carboxylic acids is 2. The molecule has 1 heterocycles. The van der Waals surface area contributed by atoms with Gasteiger partial charge in [-0.1, -0.05) is 0 Å². The molecule has 2 atom stereocenters. The van der Waals surface area contributed by atoms with E-state index in [-0.39, 0.29) is 23.9 Å². The lowest BCUT2D eigenvalue weighted by molar-refractivity contribution is -0.133. The standard InChI is InChI=1S/C13H24N4O2/c1-3-15-13(19)11-8-14-6-7-17(11)9(2)12(18)16-10-4-5-10/h9-11,14H,3-8H2,1-2H3,(H,15,19)(H,16,18). The molecule has 3 N–H and O–H groups in total. The van der Waals surface area contributed by atoms with E-state index >= 15 is 0 Å². The van der Waals surface area contributed by atoms with E-state index in [1.54, 1.807) is 0 Å². The van der Waals surface area contributed by atoms with Crippen LogP contribution in [0, 0.1) is 0 Å². The van der Waals surface area contributed by atoms with Gasteiger partial charge in [-0.2, -0.15) is 0 Å². The van der Waals surface area contributed by atoms with E-state index in [9.17, 15) is 9.59 Å². The van der Waals surface area contributed by atoms with Crippen LogP contribution in [0.4, 0.5) is 0 Å². The van der Waals surface area contributed by atoms with Crippen LogP contribution >= 0.6 is 0 Å². The highest BCUT2D eigenvalue weighted by molar-refractivity contribution is 5.85. The first kappa shape index (κ1) is 14.3. The molecular formula is C13H24N4O2. The molecule has 2 fully saturated rings. The smallest absolute Gasteiger partial charge is 0.238 e. The molecule has 2 rings (SSSR count). The minimum atomic E-state index is -0.256. The number of likely N-dealkylation sites (N-methyl/N-ethyl adjacent to an activating group) is 1. The van der Waals surface area contributed by atoms with E-state index in [0.29, 0.717) is 19.1 Å². The predicted molar refractivity (Wildman–Crippen MR) is 72.7 cm³/mol.